The van der Waals surface area contributed by atoms with Crippen LogP contribution in [0.15, 0.2) is 6.20 Å². The van der Waals surface area contributed by atoms with Crippen LogP contribution in [0.5, 0.6) is 0 Å². The van der Waals surface area contributed by atoms with E-state index in [1.807, 2.05) is 7.05 Å². The molecule has 0 spiro atoms. The lowest BCUT2D eigenvalue weighted by Crippen LogP contribution is -2.54. The summed E-state index contributed by atoms with van der Waals surface area (Å²) in [5.74, 6) is 0.932. The van der Waals surface area contributed by atoms with E-state index >= 15 is 0 Å². The smallest absolute Gasteiger partial charge is 0.224 e. The van der Waals surface area contributed by atoms with Gasteiger partial charge in [-0.2, -0.15) is 4.98 Å². The van der Waals surface area contributed by atoms with Crippen molar-refractivity contribution < 1.29 is 4.74 Å². The minimum Gasteiger partial charge on any atom is -0.377 e. The van der Waals surface area contributed by atoms with E-state index in [4.69, 9.17) is 16.3 Å². The number of ether oxygens (including phenoxy) is 1. The number of halogens is 1. The molecule has 2 aliphatic rings. The van der Waals surface area contributed by atoms with E-state index < -0.39 is 0 Å². The van der Waals surface area contributed by atoms with Crippen molar-refractivity contribution in [2.75, 3.05) is 43.2 Å². The molecule has 1 unspecified atom stereocenters. The van der Waals surface area contributed by atoms with E-state index in [2.05, 4.69) is 19.8 Å². The third kappa shape index (κ3) is 1.51. The number of hydrogen-bond donors (Lipinski definition) is 0. The molecule has 1 saturated heterocycles. The summed E-state index contributed by atoms with van der Waals surface area (Å²) in [7, 11) is 2.04. The molecule has 1 fully saturated rings. The van der Waals surface area contributed by atoms with Crippen LogP contribution >= 0.6 is 11.6 Å². The van der Waals surface area contributed by atoms with Gasteiger partial charge >= 0.3 is 0 Å². The number of aromatic nitrogens is 2. The fourth-order valence-electron chi connectivity index (χ4n) is 2.33. The number of likely N-dealkylation sites (N-methyl/N-ethyl adjacent to an activating group) is 1. The molecule has 6 heteroatoms. The number of hydrogen-bond acceptors (Lipinski definition) is 5. The fraction of sp³-hybridized carbons (Fsp3) is 0.600. The summed E-state index contributed by atoms with van der Waals surface area (Å²) < 4.78 is 5.49. The predicted octanol–water partition coefficient (Wildman–Crippen LogP) is 0.785. The van der Waals surface area contributed by atoms with E-state index in [0.29, 0.717) is 11.3 Å². The summed E-state index contributed by atoms with van der Waals surface area (Å²) in [6, 6.07) is 0.372. The summed E-state index contributed by atoms with van der Waals surface area (Å²) in [6.45, 7) is 3.32. The molecule has 3 heterocycles. The first-order chi connectivity index (χ1) is 7.75. The zero-order valence-electron chi connectivity index (χ0n) is 9.06. The summed E-state index contributed by atoms with van der Waals surface area (Å²) in [4.78, 5) is 12.8. The molecule has 86 valence electrons. The molecule has 0 amide bonds. The quantitative estimate of drug-likeness (QED) is 0.627. The lowest BCUT2D eigenvalue weighted by Gasteiger charge is -2.44. The van der Waals surface area contributed by atoms with Gasteiger partial charge in [0.1, 0.15) is 0 Å². The van der Waals surface area contributed by atoms with Crippen molar-refractivity contribution in [2.24, 2.45) is 0 Å². The van der Waals surface area contributed by atoms with Crippen molar-refractivity contribution in [3.63, 3.8) is 0 Å². The maximum atomic E-state index is 5.86. The van der Waals surface area contributed by atoms with E-state index in [1.165, 1.54) is 0 Å². The molecule has 0 bridgehead atoms. The monoisotopic (exact) mass is 240 g/mol. The highest BCUT2D eigenvalue weighted by Crippen LogP contribution is 2.33. The average Bonchev–Trinajstić information content (AvgIpc) is 2.29. The lowest BCUT2D eigenvalue weighted by molar-refractivity contribution is 0.0941. The van der Waals surface area contributed by atoms with Crippen LogP contribution < -0.4 is 9.80 Å². The molecular formula is C10H13ClN4O. The van der Waals surface area contributed by atoms with E-state index in [1.54, 1.807) is 6.20 Å². The van der Waals surface area contributed by atoms with Gasteiger partial charge in [0.15, 0.2) is 5.82 Å². The fourth-order valence-corrected chi connectivity index (χ4v) is 2.45. The minimum atomic E-state index is 0.305. The Morgan fingerprint density at radius 2 is 2.44 bits per heavy atom. The second kappa shape index (κ2) is 3.75. The van der Waals surface area contributed by atoms with Crippen LogP contribution in [0.1, 0.15) is 0 Å². The van der Waals surface area contributed by atoms with Gasteiger partial charge in [0, 0.05) is 20.1 Å². The molecule has 5 nitrogen and oxygen atoms in total. The maximum absolute atomic E-state index is 5.86. The Hall–Kier alpha value is -1.07. The molecule has 0 aliphatic carbocycles. The molecule has 16 heavy (non-hydrogen) atoms. The lowest BCUT2D eigenvalue weighted by atomic mass is 10.1. The summed E-state index contributed by atoms with van der Waals surface area (Å²) in [5, 5.41) is 0.305. The number of nitrogens with zero attached hydrogens (tertiary/aromatic N) is 4. The van der Waals surface area contributed by atoms with Gasteiger partial charge in [0.05, 0.1) is 31.1 Å². The first-order valence-corrected chi connectivity index (χ1v) is 5.71. The number of anilines is 2. The third-order valence-electron chi connectivity index (χ3n) is 3.12. The Kier molecular flexibility index (Phi) is 2.37. The SMILES string of the molecule is CN1CC2COCCN2c2nc(Cl)ncc21. The third-order valence-corrected chi connectivity index (χ3v) is 3.30. The standard InChI is InChI=1S/C10H13ClN4O/c1-14-5-7-6-16-3-2-15(7)9-8(14)4-12-10(11)13-9/h4,7H,2-3,5-6H2,1H3. The highest BCUT2D eigenvalue weighted by atomic mass is 35.5. The van der Waals surface area contributed by atoms with Gasteiger partial charge in [-0.3, -0.25) is 0 Å². The molecule has 0 N–H and O–H groups in total. The second-order valence-corrected chi connectivity index (χ2v) is 4.49. The molecule has 1 atom stereocenters. The molecule has 0 aromatic carbocycles. The molecular weight excluding hydrogens is 228 g/mol. The van der Waals surface area contributed by atoms with Gasteiger partial charge in [0.2, 0.25) is 5.28 Å². The number of morpholine rings is 1. The summed E-state index contributed by atoms with van der Waals surface area (Å²) >= 11 is 5.86. The normalized spacial score (nSPS) is 24.0. The molecule has 3 rings (SSSR count). The van der Waals surface area contributed by atoms with E-state index in [0.717, 1.165) is 37.8 Å². The zero-order chi connectivity index (χ0) is 11.1. The predicted molar refractivity (Wildman–Crippen MR) is 62.3 cm³/mol. The Balaban J connectivity index is 2.05. The van der Waals surface area contributed by atoms with Crippen LogP contribution in [0.4, 0.5) is 11.5 Å². The van der Waals surface area contributed by atoms with Gasteiger partial charge in [-0.05, 0) is 11.6 Å². The number of fused-ring (bicyclic) bond motifs is 3. The Morgan fingerprint density at radius 1 is 1.56 bits per heavy atom. The molecule has 0 saturated carbocycles. The van der Waals surface area contributed by atoms with Crippen LogP contribution in [0.2, 0.25) is 5.28 Å². The van der Waals surface area contributed by atoms with Crippen LogP contribution in [0, 0.1) is 0 Å². The van der Waals surface area contributed by atoms with Gasteiger partial charge in [-0.25, -0.2) is 4.98 Å². The Morgan fingerprint density at radius 3 is 3.31 bits per heavy atom. The van der Waals surface area contributed by atoms with Crippen molar-refractivity contribution in [1.29, 1.82) is 0 Å². The van der Waals surface area contributed by atoms with Crippen LogP contribution in [0.3, 0.4) is 0 Å². The maximum Gasteiger partial charge on any atom is 0.224 e. The van der Waals surface area contributed by atoms with Gasteiger partial charge in [-0.1, -0.05) is 0 Å². The first kappa shape index (κ1) is 10.1. The topological polar surface area (TPSA) is 41.5 Å². The van der Waals surface area contributed by atoms with Gasteiger partial charge < -0.3 is 14.5 Å². The van der Waals surface area contributed by atoms with Crippen molar-refractivity contribution >= 4 is 23.1 Å². The van der Waals surface area contributed by atoms with Gasteiger partial charge in [0.25, 0.3) is 0 Å². The minimum absolute atomic E-state index is 0.305. The van der Waals surface area contributed by atoms with Crippen LogP contribution in [0.25, 0.3) is 0 Å². The highest BCUT2D eigenvalue weighted by Gasteiger charge is 2.33. The van der Waals surface area contributed by atoms with Crippen molar-refractivity contribution in [3.8, 4) is 0 Å². The molecule has 1 aromatic heterocycles. The van der Waals surface area contributed by atoms with E-state index in [9.17, 15) is 0 Å². The number of rotatable bonds is 0. The summed E-state index contributed by atoms with van der Waals surface area (Å²) in [5.41, 5.74) is 1.04. The van der Waals surface area contributed by atoms with Crippen LogP contribution in [-0.2, 0) is 4.74 Å². The van der Waals surface area contributed by atoms with Crippen molar-refractivity contribution in [2.45, 2.75) is 6.04 Å². The largest absolute Gasteiger partial charge is 0.377 e. The first-order valence-electron chi connectivity index (χ1n) is 5.34. The van der Waals surface area contributed by atoms with Gasteiger partial charge in [-0.15, -0.1) is 0 Å². The molecule has 0 radical (unpaired) electrons. The van der Waals surface area contributed by atoms with Crippen molar-refractivity contribution in [1.82, 2.24) is 9.97 Å². The summed E-state index contributed by atoms with van der Waals surface area (Å²) in [6.07, 6.45) is 1.79. The average molecular weight is 241 g/mol. The molecule has 1 aromatic rings. The second-order valence-electron chi connectivity index (χ2n) is 4.15. The Bertz CT molecular complexity index is 414. The van der Waals surface area contributed by atoms with Crippen LogP contribution in [-0.4, -0.2) is 49.4 Å². The van der Waals surface area contributed by atoms with Crippen molar-refractivity contribution in [3.05, 3.63) is 11.5 Å². The van der Waals surface area contributed by atoms with E-state index in [-0.39, 0.29) is 0 Å². The zero-order valence-corrected chi connectivity index (χ0v) is 9.81. The highest BCUT2D eigenvalue weighted by molar-refractivity contribution is 6.28. The molecule has 2 aliphatic heterocycles. The Labute approximate surface area is 99.0 Å².